The van der Waals surface area contributed by atoms with Crippen molar-refractivity contribution in [3.63, 3.8) is 0 Å². The number of halogens is 2. The Morgan fingerprint density at radius 2 is 1.16 bits per heavy atom. The molecule has 0 aliphatic heterocycles. The van der Waals surface area contributed by atoms with Gasteiger partial charge in [0.25, 0.3) is 16.6 Å². The number of methoxy groups -OCH3 is 1. The van der Waals surface area contributed by atoms with Crippen LogP contribution in [0.4, 0.5) is 0 Å². The Morgan fingerprint density at radius 1 is 0.709 bits per heavy atom. The number of esters is 2. The maximum absolute atomic E-state index is 14.5. The van der Waals surface area contributed by atoms with Gasteiger partial charge in [0.05, 0.1) is 35.9 Å². The lowest BCUT2D eigenvalue weighted by atomic mass is 9.71. The minimum Gasteiger partial charge on any atom is -0.507 e. The third-order valence-electron chi connectivity index (χ3n) is 16.3. The van der Waals surface area contributed by atoms with E-state index < -0.39 is 48.4 Å². The van der Waals surface area contributed by atoms with E-state index in [1.165, 1.54) is 17.5 Å². The molecule has 0 amide bonds. The standard InChI is InChI=1S/C66H90Br2O8Si3/c1-47(39-50(4)59(43-60(67)68)76-79(65(12,13)14,56-34-26-20-27-35-56)57-36-28-21-29-37-57)38-49(3)58(69)42-61(70)75-66(62(71)72-15)44-51(5)52(41-53(66)40-48(2)45-73-77(16,17)63(6,7)8)46-74-78(64(9,10)11,54-30-22-18-23-31-54)55-32-24-19-25-33-55/h18-38,40-43,47,50-51,53,59,69H,39,44-46H2,1-17H3/b48-40+,49-38+,58-42-/t47-,50+,51-,53-,59-,66+/m1/s1. The number of benzene rings is 4. The summed E-state index contributed by atoms with van der Waals surface area (Å²) in [6, 6.07) is 42.3. The van der Waals surface area contributed by atoms with Gasteiger partial charge in [0, 0.05) is 12.3 Å². The Morgan fingerprint density at radius 3 is 1.58 bits per heavy atom. The lowest BCUT2D eigenvalue weighted by molar-refractivity contribution is -0.184. The van der Waals surface area contributed by atoms with Crippen molar-refractivity contribution < 1.29 is 37.4 Å². The number of carbonyl (C=O) groups is 2. The van der Waals surface area contributed by atoms with Gasteiger partial charge in [-0.05, 0) is 136 Å². The van der Waals surface area contributed by atoms with Gasteiger partial charge in [-0.2, -0.15) is 0 Å². The molecule has 0 bridgehead atoms. The van der Waals surface area contributed by atoms with Crippen LogP contribution in [0.15, 0.2) is 178 Å². The van der Waals surface area contributed by atoms with Gasteiger partial charge < -0.3 is 27.9 Å². The van der Waals surface area contributed by atoms with E-state index in [4.69, 9.17) is 22.8 Å². The van der Waals surface area contributed by atoms with Crippen LogP contribution in [0.5, 0.6) is 0 Å². The third kappa shape index (κ3) is 15.7. The Bertz CT molecular complexity index is 2730. The van der Waals surface area contributed by atoms with Crippen molar-refractivity contribution in [2.24, 2.45) is 23.7 Å². The Labute approximate surface area is 494 Å². The maximum atomic E-state index is 14.5. The zero-order chi connectivity index (χ0) is 58.8. The molecular formula is C66H90Br2O8Si3. The number of allylic oxidation sites excluding steroid dienone is 2. The second-order valence-corrected chi connectivity index (χ2v) is 41.6. The molecule has 0 aromatic heterocycles. The molecule has 1 aliphatic rings. The number of rotatable bonds is 22. The lowest BCUT2D eigenvalue weighted by Gasteiger charge is -2.46. The van der Waals surface area contributed by atoms with Gasteiger partial charge in [-0.15, -0.1) is 0 Å². The normalized spacial score (nSPS) is 19.4. The number of hydrogen-bond donors (Lipinski definition) is 1. The lowest BCUT2D eigenvalue weighted by Crippen LogP contribution is -2.68. The predicted molar refractivity (Wildman–Crippen MR) is 343 cm³/mol. The van der Waals surface area contributed by atoms with Crippen LogP contribution in [0.2, 0.25) is 28.2 Å². The van der Waals surface area contributed by atoms with E-state index in [0.29, 0.717) is 25.2 Å². The molecular weight excluding hydrogens is 1160 g/mol. The fraction of sp³-hybridized carbons (Fsp3) is 0.455. The molecule has 5 rings (SSSR count). The van der Waals surface area contributed by atoms with Crippen molar-refractivity contribution in [1.82, 2.24) is 0 Å². The number of carbonyl (C=O) groups excluding carboxylic acids is 2. The van der Waals surface area contributed by atoms with Gasteiger partial charge in [-0.1, -0.05) is 228 Å². The van der Waals surface area contributed by atoms with E-state index >= 15 is 0 Å². The largest absolute Gasteiger partial charge is 0.507 e. The zero-order valence-electron chi connectivity index (χ0n) is 50.2. The highest BCUT2D eigenvalue weighted by Crippen LogP contribution is 2.45. The molecule has 0 heterocycles. The SMILES string of the molecule is COC(=O)[C@]1(OC(=O)/C=C(O)/C(C)=C/[C@@H](C)C[C@H](C)[C@@H](C=C(Br)Br)O[Si](c2ccccc2)(c2ccccc2)C(C)(C)C)C[C@@H](C)C(CO[Si](c2ccccc2)(c2ccccc2)C(C)(C)C)=C[C@H]1/C=C(\C)CO[Si](C)(C)C(C)(C)C. The molecule has 0 fully saturated rings. The van der Waals surface area contributed by atoms with Crippen molar-refractivity contribution in [1.29, 1.82) is 0 Å². The van der Waals surface area contributed by atoms with Gasteiger partial charge in [0.2, 0.25) is 5.60 Å². The maximum Gasteiger partial charge on any atom is 0.351 e. The van der Waals surface area contributed by atoms with E-state index in [9.17, 15) is 14.7 Å². The monoisotopic (exact) mass is 1250 g/mol. The van der Waals surface area contributed by atoms with Crippen LogP contribution in [-0.2, 0) is 32.3 Å². The van der Waals surface area contributed by atoms with Crippen molar-refractivity contribution in [2.75, 3.05) is 20.3 Å². The first-order valence-corrected chi connectivity index (χ1v) is 36.2. The molecule has 13 heteroatoms. The molecule has 0 spiro atoms. The summed E-state index contributed by atoms with van der Waals surface area (Å²) in [7, 11) is -6.75. The molecule has 0 unspecified atom stereocenters. The third-order valence-corrected chi connectivity index (χ3v) is 31.3. The average Bonchev–Trinajstić information content (AvgIpc) is 3.51. The molecule has 428 valence electrons. The minimum atomic E-state index is -2.97. The Kier molecular flexibility index (Phi) is 22.6. The summed E-state index contributed by atoms with van der Waals surface area (Å²) in [6.07, 6.45) is 9.69. The van der Waals surface area contributed by atoms with E-state index in [2.05, 4.69) is 224 Å². The van der Waals surface area contributed by atoms with Crippen molar-refractivity contribution in [2.45, 2.75) is 150 Å². The summed E-state index contributed by atoms with van der Waals surface area (Å²) in [5.74, 6) is -2.86. The minimum absolute atomic E-state index is 0.0167. The number of aliphatic hydroxyl groups excluding tert-OH is 1. The molecule has 79 heavy (non-hydrogen) atoms. The molecule has 0 saturated carbocycles. The zero-order valence-corrected chi connectivity index (χ0v) is 56.4. The van der Waals surface area contributed by atoms with Crippen LogP contribution >= 0.6 is 31.9 Å². The first kappa shape index (κ1) is 65.6. The first-order valence-electron chi connectivity index (χ1n) is 27.8. The smallest absolute Gasteiger partial charge is 0.351 e. The summed E-state index contributed by atoms with van der Waals surface area (Å²) in [4.78, 5) is 28.9. The second kappa shape index (κ2) is 27.3. The van der Waals surface area contributed by atoms with Crippen LogP contribution in [-0.4, -0.2) is 74.0 Å². The molecule has 0 saturated heterocycles. The van der Waals surface area contributed by atoms with Crippen LogP contribution in [0, 0.1) is 23.7 Å². The average molecular weight is 1260 g/mol. The number of aliphatic hydroxyl groups is 1. The van der Waals surface area contributed by atoms with E-state index in [-0.39, 0.29) is 51.2 Å². The quantitative estimate of drug-likeness (QED) is 0.0207. The summed E-state index contributed by atoms with van der Waals surface area (Å²) >= 11 is 7.33. The van der Waals surface area contributed by atoms with Crippen molar-refractivity contribution in [3.8, 4) is 0 Å². The summed E-state index contributed by atoms with van der Waals surface area (Å²) < 4.78 is 34.6. The van der Waals surface area contributed by atoms with Crippen LogP contribution < -0.4 is 20.7 Å². The highest BCUT2D eigenvalue weighted by atomic mass is 79.9. The van der Waals surface area contributed by atoms with E-state index in [1.54, 1.807) is 6.92 Å². The summed E-state index contributed by atoms with van der Waals surface area (Å²) in [6.45, 7) is 35.4. The topological polar surface area (TPSA) is 101 Å². The molecule has 1 aliphatic carbocycles. The number of hydrogen-bond acceptors (Lipinski definition) is 8. The van der Waals surface area contributed by atoms with Gasteiger partial charge in [-0.3, -0.25) is 0 Å². The molecule has 8 nitrogen and oxygen atoms in total. The van der Waals surface area contributed by atoms with Crippen molar-refractivity contribution >= 4 is 89.5 Å². The fourth-order valence-electron chi connectivity index (χ4n) is 11.1. The highest BCUT2D eigenvalue weighted by molar-refractivity contribution is 9.28. The first-order chi connectivity index (χ1) is 36.8. The summed E-state index contributed by atoms with van der Waals surface area (Å²) in [5.41, 5.74) is 0.594. The predicted octanol–water partition coefficient (Wildman–Crippen LogP) is 15.2. The molecule has 4 aromatic carbocycles. The Hall–Kier alpha value is -4.19. The molecule has 1 N–H and O–H groups in total. The molecule has 0 radical (unpaired) electrons. The second-order valence-electron chi connectivity index (χ2n) is 25.5. The van der Waals surface area contributed by atoms with Crippen LogP contribution in [0.1, 0.15) is 110 Å². The van der Waals surface area contributed by atoms with E-state index in [0.717, 1.165) is 31.0 Å². The van der Waals surface area contributed by atoms with Gasteiger partial charge in [0.15, 0.2) is 8.32 Å². The highest BCUT2D eigenvalue weighted by Gasteiger charge is 2.55. The number of ether oxygens (including phenoxy) is 2. The fourth-order valence-corrected chi connectivity index (χ4v) is 21.9. The summed E-state index contributed by atoms with van der Waals surface area (Å²) in [5, 5.41) is 15.9. The van der Waals surface area contributed by atoms with Gasteiger partial charge >= 0.3 is 11.9 Å². The van der Waals surface area contributed by atoms with E-state index in [1.807, 2.05) is 56.3 Å². The van der Waals surface area contributed by atoms with Gasteiger partial charge in [0.1, 0.15) is 5.76 Å². The van der Waals surface area contributed by atoms with Crippen LogP contribution in [0.3, 0.4) is 0 Å². The van der Waals surface area contributed by atoms with Crippen molar-refractivity contribution in [3.05, 3.63) is 178 Å². The molecule has 4 aromatic rings. The Balaban J connectivity index is 1.50. The molecule has 6 atom stereocenters. The van der Waals surface area contributed by atoms with Gasteiger partial charge in [-0.25, -0.2) is 9.59 Å². The van der Waals surface area contributed by atoms with Crippen LogP contribution in [0.25, 0.3) is 0 Å².